The zero-order chi connectivity index (χ0) is 19.9. The molecular weight excluding hydrogens is 356 g/mol. The van der Waals surface area contributed by atoms with Crippen LogP contribution in [0.2, 0.25) is 0 Å². The Morgan fingerprint density at radius 3 is 2.39 bits per heavy atom. The maximum atomic E-state index is 12.5. The van der Waals surface area contributed by atoms with Crippen molar-refractivity contribution in [2.24, 2.45) is 0 Å². The van der Waals surface area contributed by atoms with Crippen molar-refractivity contribution in [3.8, 4) is 11.5 Å². The second-order valence-corrected chi connectivity index (χ2v) is 6.13. The molecule has 7 heteroatoms. The fourth-order valence-electron chi connectivity index (χ4n) is 2.69. The molecule has 0 atom stereocenters. The van der Waals surface area contributed by atoms with Crippen LogP contribution in [0.25, 0.3) is 0 Å². The molecule has 0 aliphatic heterocycles. The Labute approximate surface area is 164 Å². The van der Waals surface area contributed by atoms with E-state index in [1.165, 1.54) is 12.4 Å². The summed E-state index contributed by atoms with van der Waals surface area (Å²) in [6.45, 7) is 0.507. The van der Waals surface area contributed by atoms with E-state index in [0.29, 0.717) is 23.9 Å². The van der Waals surface area contributed by atoms with E-state index in [1.54, 1.807) is 38.3 Å². The summed E-state index contributed by atoms with van der Waals surface area (Å²) in [6.07, 6.45) is 2.99. The molecular formula is C21H22N4O3. The van der Waals surface area contributed by atoms with Gasteiger partial charge in [0, 0.05) is 25.3 Å². The number of aromatic nitrogens is 2. The molecule has 2 aromatic carbocycles. The van der Waals surface area contributed by atoms with Crippen LogP contribution < -0.4 is 14.8 Å². The number of nitrogens with zero attached hydrogens (tertiary/aromatic N) is 3. The summed E-state index contributed by atoms with van der Waals surface area (Å²) in [7, 11) is 4.90. The lowest BCUT2D eigenvalue weighted by atomic mass is 10.2. The van der Waals surface area contributed by atoms with Crippen molar-refractivity contribution in [3.05, 3.63) is 72.2 Å². The van der Waals surface area contributed by atoms with Gasteiger partial charge in [0.25, 0.3) is 5.91 Å². The fraction of sp³-hybridized carbons (Fsp3) is 0.190. The lowest BCUT2D eigenvalue weighted by Gasteiger charge is -2.16. The molecule has 0 saturated carbocycles. The summed E-state index contributed by atoms with van der Waals surface area (Å²) < 4.78 is 10.5. The maximum Gasteiger partial charge on any atom is 0.274 e. The number of amides is 1. The number of hydrogen-bond acceptors (Lipinski definition) is 6. The molecule has 0 spiro atoms. The minimum Gasteiger partial charge on any atom is -0.493 e. The van der Waals surface area contributed by atoms with Crippen LogP contribution in [-0.4, -0.2) is 42.0 Å². The topological polar surface area (TPSA) is 76.6 Å². The van der Waals surface area contributed by atoms with E-state index in [4.69, 9.17) is 9.47 Å². The van der Waals surface area contributed by atoms with Crippen LogP contribution in [0.1, 0.15) is 16.1 Å². The number of benzene rings is 2. The normalized spacial score (nSPS) is 10.2. The van der Waals surface area contributed by atoms with E-state index in [1.807, 2.05) is 36.4 Å². The predicted molar refractivity (Wildman–Crippen MR) is 107 cm³/mol. The minimum absolute atomic E-state index is 0.186. The quantitative estimate of drug-likeness (QED) is 0.678. The van der Waals surface area contributed by atoms with Gasteiger partial charge in [-0.3, -0.25) is 4.79 Å². The highest BCUT2D eigenvalue weighted by molar-refractivity contribution is 5.91. The molecule has 0 radical (unpaired) electrons. The van der Waals surface area contributed by atoms with Crippen LogP contribution in [0.3, 0.4) is 0 Å². The highest BCUT2D eigenvalue weighted by Crippen LogP contribution is 2.30. The third kappa shape index (κ3) is 4.56. The Bertz CT molecular complexity index is 930. The van der Waals surface area contributed by atoms with Crippen molar-refractivity contribution >= 4 is 17.4 Å². The van der Waals surface area contributed by atoms with Crippen molar-refractivity contribution in [3.63, 3.8) is 0 Å². The Balaban J connectivity index is 1.67. The van der Waals surface area contributed by atoms with Crippen molar-refractivity contribution in [2.75, 3.05) is 26.6 Å². The number of anilines is 2. The van der Waals surface area contributed by atoms with E-state index in [0.717, 1.165) is 11.3 Å². The number of rotatable bonds is 7. The molecule has 1 N–H and O–H groups in total. The fourth-order valence-corrected chi connectivity index (χ4v) is 2.69. The molecule has 3 rings (SSSR count). The third-order valence-corrected chi connectivity index (χ3v) is 4.14. The Hall–Kier alpha value is -3.61. The van der Waals surface area contributed by atoms with Gasteiger partial charge in [-0.15, -0.1) is 0 Å². The van der Waals surface area contributed by atoms with Crippen LogP contribution in [-0.2, 0) is 6.54 Å². The lowest BCUT2D eigenvalue weighted by molar-refractivity contribution is 0.0779. The summed E-state index contributed by atoms with van der Waals surface area (Å²) in [5.74, 6) is 1.58. The molecule has 1 amide bonds. The summed E-state index contributed by atoms with van der Waals surface area (Å²) in [4.78, 5) is 22.7. The minimum atomic E-state index is -0.186. The van der Waals surface area contributed by atoms with Crippen LogP contribution in [0, 0.1) is 0 Å². The zero-order valence-electron chi connectivity index (χ0n) is 16.0. The molecule has 0 bridgehead atoms. The second-order valence-electron chi connectivity index (χ2n) is 6.13. The highest BCUT2D eigenvalue weighted by atomic mass is 16.5. The summed E-state index contributed by atoms with van der Waals surface area (Å²) >= 11 is 0. The number of hydrogen-bond donors (Lipinski definition) is 1. The third-order valence-electron chi connectivity index (χ3n) is 4.14. The number of ether oxygens (including phenoxy) is 2. The van der Waals surface area contributed by atoms with Crippen molar-refractivity contribution in [1.29, 1.82) is 0 Å². The Kier molecular flexibility index (Phi) is 6.06. The molecule has 0 saturated heterocycles. The van der Waals surface area contributed by atoms with Gasteiger partial charge in [0.05, 0.1) is 26.6 Å². The molecule has 0 unspecified atom stereocenters. The van der Waals surface area contributed by atoms with E-state index in [9.17, 15) is 4.79 Å². The zero-order valence-corrected chi connectivity index (χ0v) is 16.0. The van der Waals surface area contributed by atoms with Crippen LogP contribution in [0.4, 0.5) is 11.5 Å². The number of carbonyl (C=O) groups is 1. The van der Waals surface area contributed by atoms with Crippen molar-refractivity contribution < 1.29 is 14.3 Å². The molecule has 1 aromatic heterocycles. The molecule has 0 aliphatic rings. The van der Waals surface area contributed by atoms with Gasteiger partial charge in [-0.05, 0) is 17.7 Å². The predicted octanol–water partition coefficient (Wildman–Crippen LogP) is 3.51. The molecule has 3 aromatic rings. The van der Waals surface area contributed by atoms with Gasteiger partial charge in [0.15, 0.2) is 11.5 Å². The average molecular weight is 378 g/mol. The van der Waals surface area contributed by atoms with Gasteiger partial charge in [-0.25, -0.2) is 9.97 Å². The van der Waals surface area contributed by atoms with Gasteiger partial charge in [-0.2, -0.15) is 0 Å². The van der Waals surface area contributed by atoms with Gasteiger partial charge in [0.1, 0.15) is 11.5 Å². The number of nitrogens with one attached hydrogen (secondary N) is 1. The lowest BCUT2D eigenvalue weighted by Crippen LogP contribution is -2.27. The van der Waals surface area contributed by atoms with Crippen LogP contribution >= 0.6 is 0 Å². The van der Waals surface area contributed by atoms with Gasteiger partial charge in [-0.1, -0.05) is 30.3 Å². The smallest absolute Gasteiger partial charge is 0.274 e. The molecule has 28 heavy (non-hydrogen) atoms. The van der Waals surface area contributed by atoms with Gasteiger partial charge in [0.2, 0.25) is 0 Å². The highest BCUT2D eigenvalue weighted by Gasteiger charge is 2.14. The van der Waals surface area contributed by atoms with Crippen molar-refractivity contribution in [2.45, 2.75) is 6.54 Å². The van der Waals surface area contributed by atoms with Gasteiger partial charge < -0.3 is 19.7 Å². The first kappa shape index (κ1) is 19.2. The standard InChI is InChI=1S/C21H22N4O3/c1-25(14-15-7-5-4-6-8-15)21(26)17-12-23-20(13-22-17)24-16-9-10-18(27-2)19(11-16)28-3/h4-13H,14H2,1-3H3,(H,23,24). The monoisotopic (exact) mass is 378 g/mol. The number of carbonyl (C=O) groups excluding carboxylic acids is 1. The van der Waals surface area contributed by atoms with Crippen LogP contribution in [0.15, 0.2) is 60.9 Å². The van der Waals surface area contributed by atoms with Crippen molar-refractivity contribution in [1.82, 2.24) is 14.9 Å². The first-order chi connectivity index (χ1) is 13.6. The Morgan fingerprint density at radius 2 is 1.75 bits per heavy atom. The van der Waals surface area contributed by atoms with E-state index in [2.05, 4.69) is 15.3 Å². The second kappa shape index (κ2) is 8.85. The van der Waals surface area contributed by atoms with Crippen LogP contribution in [0.5, 0.6) is 11.5 Å². The average Bonchev–Trinajstić information content (AvgIpc) is 2.74. The Morgan fingerprint density at radius 1 is 1.00 bits per heavy atom. The van der Waals surface area contributed by atoms with E-state index < -0.39 is 0 Å². The summed E-state index contributed by atoms with van der Waals surface area (Å²) in [5, 5.41) is 3.13. The molecule has 0 fully saturated rings. The van der Waals surface area contributed by atoms with E-state index >= 15 is 0 Å². The molecule has 7 nitrogen and oxygen atoms in total. The first-order valence-corrected chi connectivity index (χ1v) is 8.71. The maximum absolute atomic E-state index is 12.5. The molecule has 0 aliphatic carbocycles. The summed E-state index contributed by atoms with van der Waals surface area (Å²) in [5.41, 5.74) is 2.11. The summed E-state index contributed by atoms with van der Waals surface area (Å²) in [6, 6.07) is 15.2. The largest absolute Gasteiger partial charge is 0.493 e. The number of methoxy groups -OCH3 is 2. The molecule has 144 valence electrons. The first-order valence-electron chi connectivity index (χ1n) is 8.71. The van der Waals surface area contributed by atoms with Gasteiger partial charge >= 0.3 is 0 Å². The molecule has 1 heterocycles. The SMILES string of the molecule is COc1ccc(Nc2cnc(C(=O)N(C)Cc3ccccc3)cn2)cc1OC. The van der Waals surface area contributed by atoms with E-state index in [-0.39, 0.29) is 11.6 Å².